The zero-order valence-corrected chi connectivity index (χ0v) is 27.5. The first-order valence-corrected chi connectivity index (χ1v) is 17.6. The third kappa shape index (κ3) is 4.96. The Kier molecular flexibility index (Phi) is 6.98. The van der Waals surface area contributed by atoms with Crippen molar-refractivity contribution in [3.8, 4) is 11.1 Å². The summed E-state index contributed by atoms with van der Waals surface area (Å²) >= 11 is 0. The van der Waals surface area contributed by atoms with E-state index in [0.29, 0.717) is 30.4 Å². The molecule has 0 bridgehead atoms. The van der Waals surface area contributed by atoms with Crippen LogP contribution in [-0.4, -0.2) is 80.4 Å². The third-order valence-corrected chi connectivity index (χ3v) is 11.1. The maximum Gasteiger partial charge on any atom is 0.272 e. The maximum atomic E-state index is 13.2. The summed E-state index contributed by atoms with van der Waals surface area (Å²) in [5.74, 6) is 0.794. The fraction of sp³-hybridized carbons (Fsp3) is 0.333. The molecule has 1 saturated heterocycles. The third-order valence-electron chi connectivity index (χ3n) is 9.45. The molecule has 2 N–H and O–H groups in total. The molecule has 5 aromatic rings. The Morgan fingerprint density at radius 3 is 2.56 bits per heavy atom. The van der Waals surface area contributed by atoms with Crippen LogP contribution in [-0.2, 0) is 14.6 Å². The largest absolute Gasteiger partial charge is 0.364 e. The van der Waals surface area contributed by atoms with Gasteiger partial charge in [0.25, 0.3) is 5.91 Å². The number of nitrogens with zero attached hydrogens (tertiary/aromatic N) is 8. The van der Waals surface area contributed by atoms with E-state index in [4.69, 9.17) is 5.10 Å². The van der Waals surface area contributed by atoms with Crippen LogP contribution in [0.3, 0.4) is 0 Å². The van der Waals surface area contributed by atoms with Crippen LogP contribution in [0.15, 0.2) is 66.0 Å². The van der Waals surface area contributed by atoms with Crippen LogP contribution >= 0.6 is 0 Å². The van der Waals surface area contributed by atoms with Gasteiger partial charge in [0.2, 0.25) is 5.91 Å². The zero-order chi connectivity index (χ0) is 33.3. The molecule has 6 heterocycles. The Bertz CT molecular complexity index is 2220. The average molecular weight is 667 g/mol. The first kappa shape index (κ1) is 30.1. The van der Waals surface area contributed by atoms with E-state index in [1.54, 1.807) is 46.8 Å². The van der Waals surface area contributed by atoms with Gasteiger partial charge in [-0.2, -0.15) is 14.7 Å². The van der Waals surface area contributed by atoms with Gasteiger partial charge in [0.05, 0.1) is 47.3 Å². The Balaban J connectivity index is 1.06. The number of hydrogen-bond donors (Lipinski definition) is 2. The highest BCUT2D eigenvalue weighted by atomic mass is 32.2. The van der Waals surface area contributed by atoms with Gasteiger partial charge in [-0.25, -0.2) is 18.4 Å². The van der Waals surface area contributed by atoms with Gasteiger partial charge in [-0.15, -0.1) is 0 Å². The molecule has 1 aromatic carbocycles. The molecule has 8 rings (SSSR count). The maximum absolute atomic E-state index is 13.2. The van der Waals surface area contributed by atoms with E-state index in [2.05, 4.69) is 43.6 Å². The SMILES string of the molecule is CCS(=O)(=O)c1cccc(C(=O)N2CC(n3ncc4c3C(C)N(C)c3c(Nc5cc(NC(=O)C6CC6)nc6ccnn56)cccc3-4)C2)n1. The van der Waals surface area contributed by atoms with Crippen LogP contribution in [0.2, 0.25) is 0 Å². The number of sulfone groups is 1. The standard InChI is InChI=1S/C33H34N10O4S/c1-4-48(46,47)29-10-6-9-25(37-29)33(45)41-17-21(18-41)42-30-19(2)40(3)31-22(23(30)16-35-42)7-5-8-24(31)36-28-15-26(39-32(44)20-11-12-20)38-27-13-14-34-43(27)28/h5-10,13-16,19-21,36H,4,11-12,17-18H2,1-3H3,(H,38,39,44). The van der Waals surface area contributed by atoms with Gasteiger partial charge in [-0.3, -0.25) is 14.3 Å². The van der Waals surface area contributed by atoms with Crippen LogP contribution in [0.5, 0.6) is 0 Å². The molecule has 1 unspecified atom stereocenters. The molecule has 2 aliphatic heterocycles. The number of likely N-dealkylation sites (tertiary alicyclic amines) is 1. The average Bonchev–Trinajstić information content (AvgIpc) is 3.66. The molecular weight excluding hydrogens is 632 g/mol. The molecule has 15 heteroatoms. The molecule has 48 heavy (non-hydrogen) atoms. The zero-order valence-electron chi connectivity index (χ0n) is 26.7. The number of pyridine rings is 1. The first-order valence-electron chi connectivity index (χ1n) is 16.0. The van der Waals surface area contributed by atoms with Crippen LogP contribution < -0.4 is 15.5 Å². The van der Waals surface area contributed by atoms with E-state index in [0.717, 1.165) is 41.0 Å². The Morgan fingerprint density at radius 1 is 1.00 bits per heavy atom. The van der Waals surface area contributed by atoms with Crippen molar-refractivity contribution in [2.75, 3.05) is 41.4 Å². The number of fused-ring (bicyclic) bond motifs is 4. The summed E-state index contributed by atoms with van der Waals surface area (Å²) in [4.78, 5) is 38.3. The lowest BCUT2D eigenvalue weighted by molar-refractivity contribution is -0.117. The predicted molar refractivity (Wildman–Crippen MR) is 179 cm³/mol. The lowest BCUT2D eigenvalue weighted by Gasteiger charge is -2.42. The number of aromatic nitrogens is 6. The molecule has 3 aliphatic rings. The normalized spacial score (nSPS) is 17.5. The van der Waals surface area contributed by atoms with Gasteiger partial charge in [0.1, 0.15) is 17.3 Å². The Labute approximate surface area is 276 Å². The van der Waals surface area contributed by atoms with Crippen molar-refractivity contribution in [1.82, 2.24) is 34.3 Å². The smallest absolute Gasteiger partial charge is 0.272 e. The number of benzene rings is 1. The summed E-state index contributed by atoms with van der Waals surface area (Å²) < 4.78 is 28.4. The van der Waals surface area contributed by atoms with Crippen molar-refractivity contribution in [2.45, 2.75) is 43.8 Å². The molecule has 0 radical (unpaired) electrons. The number of amides is 2. The highest BCUT2D eigenvalue weighted by Crippen LogP contribution is 2.49. The van der Waals surface area contributed by atoms with E-state index in [9.17, 15) is 18.0 Å². The molecule has 14 nitrogen and oxygen atoms in total. The number of nitrogens with one attached hydrogen (secondary N) is 2. The summed E-state index contributed by atoms with van der Waals surface area (Å²) in [6.07, 6.45) is 5.37. The summed E-state index contributed by atoms with van der Waals surface area (Å²) in [7, 11) is -1.48. The molecule has 246 valence electrons. The molecule has 1 saturated carbocycles. The van der Waals surface area contributed by atoms with E-state index in [1.807, 2.05) is 30.1 Å². The molecule has 4 aromatic heterocycles. The van der Waals surface area contributed by atoms with Gasteiger partial charge in [0, 0.05) is 49.3 Å². The molecule has 1 atom stereocenters. The molecule has 2 amide bonds. The summed E-state index contributed by atoms with van der Waals surface area (Å²) in [5, 5.41) is 15.7. The second-order valence-corrected chi connectivity index (χ2v) is 14.7. The monoisotopic (exact) mass is 666 g/mol. The van der Waals surface area contributed by atoms with Crippen molar-refractivity contribution in [3.63, 3.8) is 0 Å². The highest BCUT2D eigenvalue weighted by molar-refractivity contribution is 7.91. The number of hydrogen-bond acceptors (Lipinski definition) is 10. The van der Waals surface area contributed by atoms with Crippen molar-refractivity contribution in [3.05, 3.63) is 72.3 Å². The van der Waals surface area contributed by atoms with Crippen LogP contribution in [0.1, 0.15) is 55.0 Å². The minimum absolute atomic E-state index is 0.0141. The van der Waals surface area contributed by atoms with Crippen LogP contribution in [0, 0.1) is 5.92 Å². The first-order chi connectivity index (χ1) is 23.1. The molecule has 0 spiro atoms. The lowest BCUT2D eigenvalue weighted by atomic mass is 9.93. The minimum Gasteiger partial charge on any atom is -0.364 e. The number of carbonyl (C=O) groups excluding carboxylic acids is 2. The van der Waals surface area contributed by atoms with E-state index >= 15 is 0 Å². The number of para-hydroxylation sites is 1. The summed E-state index contributed by atoms with van der Waals surface area (Å²) in [6, 6.07) is 14.1. The quantitative estimate of drug-likeness (QED) is 0.247. The number of anilines is 4. The van der Waals surface area contributed by atoms with Crippen LogP contribution in [0.4, 0.5) is 23.0 Å². The minimum atomic E-state index is -3.52. The van der Waals surface area contributed by atoms with Gasteiger partial charge in [0.15, 0.2) is 20.5 Å². The fourth-order valence-electron chi connectivity index (χ4n) is 6.48. The van der Waals surface area contributed by atoms with Gasteiger partial charge >= 0.3 is 0 Å². The second kappa shape index (κ2) is 11.1. The van der Waals surface area contributed by atoms with Crippen molar-refractivity contribution in [1.29, 1.82) is 0 Å². The lowest BCUT2D eigenvalue weighted by Crippen LogP contribution is -2.52. The van der Waals surface area contributed by atoms with Crippen LogP contribution in [0.25, 0.3) is 16.8 Å². The number of carbonyl (C=O) groups is 2. The van der Waals surface area contributed by atoms with E-state index < -0.39 is 9.84 Å². The van der Waals surface area contributed by atoms with Crippen molar-refractivity contribution in [2.24, 2.45) is 5.92 Å². The van der Waals surface area contributed by atoms with Crippen molar-refractivity contribution >= 4 is 50.3 Å². The topological polar surface area (TPSA) is 160 Å². The molecule has 2 fully saturated rings. The highest BCUT2D eigenvalue weighted by Gasteiger charge is 2.39. The predicted octanol–water partition coefficient (Wildman–Crippen LogP) is 4.08. The molecular formula is C33H34N10O4S. The van der Waals surface area contributed by atoms with Crippen molar-refractivity contribution < 1.29 is 18.0 Å². The van der Waals surface area contributed by atoms with Gasteiger partial charge in [-0.05, 0) is 38.0 Å². The van der Waals surface area contributed by atoms with Gasteiger partial charge in [-0.1, -0.05) is 25.1 Å². The fourth-order valence-corrected chi connectivity index (χ4v) is 7.30. The van der Waals surface area contributed by atoms with Gasteiger partial charge < -0.3 is 20.4 Å². The van der Waals surface area contributed by atoms with E-state index in [1.165, 1.54) is 6.07 Å². The second-order valence-electron chi connectivity index (χ2n) is 12.5. The van der Waals surface area contributed by atoms with E-state index in [-0.39, 0.29) is 46.3 Å². The Hall–Kier alpha value is -5.31. The Morgan fingerprint density at radius 2 is 1.79 bits per heavy atom. The summed E-state index contributed by atoms with van der Waals surface area (Å²) in [5.41, 5.74) is 5.67. The summed E-state index contributed by atoms with van der Waals surface area (Å²) in [6.45, 7) is 4.56. The number of rotatable bonds is 8. The molecule has 1 aliphatic carbocycles.